The molecule has 0 atom stereocenters. The highest BCUT2D eigenvalue weighted by atomic mass is 16.5. The lowest BCUT2D eigenvalue weighted by Gasteiger charge is -2.17. The van der Waals surface area contributed by atoms with Crippen LogP contribution in [0.4, 0.5) is 11.6 Å². The summed E-state index contributed by atoms with van der Waals surface area (Å²) in [5.74, 6) is 1.43. The minimum Gasteiger partial charge on any atom is -0.492 e. The van der Waals surface area contributed by atoms with E-state index in [1.165, 1.54) is 36.8 Å². The van der Waals surface area contributed by atoms with Crippen LogP contribution < -0.4 is 10.1 Å². The first-order valence-electron chi connectivity index (χ1n) is 13.1. The molecule has 1 fully saturated rings. The Labute approximate surface area is 217 Å². The summed E-state index contributed by atoms with van der Waals surface area (Å²) in [6.45, 7) is 7.82. The zero-order valence-electron chi connectivity index (χ0n) is 21.3. The summed E-state index contributed by atoms with van der Waals surface area (Å²) in [5.41, 5.74) is 6.14. The number of nitrogens with one attached hydrogen (secondary N) is 1. The van der Waals surface area contributed by atoms with E-state index in [1.54, 1.807) is 0 Å². The van der Waals surface area contributed by atoms with E-state index in [2.05, 4.69) is 75.4 Å². The SMILES string of the molecule is Cc1cnc2nc1-c1ccc3ccn(c3c1)C/C=C\COCc1cc(ccc1OCCN1CCCC1)N2. The lowest BCUT2D eigenvalue weighted by Crippen LogP contribution is -2.25. The Kier molecular flexibility index (Phi) is 6.88. The van der Waals surface area contributed by atoms with Crippen LogP contribution in [0.3, 0.4) is 0 Å². The molecule has 7 heteroatoms. The molecule has 2 aliphatic rings. The van der Waals surface area contributed by atoms with Crippen molar-refractivity contribution in [2.24, 2.45) is 0 Å². The maximum absolute atomic E-state index is 6.21. The number of aryl methyl sites for hydroxylation is 1. The van der Waals surface area contributed by atoms with E-state index < -0.39 is 0 Å². The Morgan fingerprint density at radius 2 is 1.97 bits per heavy atom. The Morgan fingerprint density at radius 3 is 2.89 bits per heavy atom. The summed E-state index contributed by atoms with van der Waals surface area (Å²) >= 11 is 0. The van der Waals surface area contributed by atoms with Crippen LogP contribution in [0, 0.1) is 6.92 Å². The maximum Gasteiger partial charge on any atom is 0.227 e. The number of fused-ring (bicyclic) bond motifs is 6. The first-order valence-corrected chi connectivity index (χ1v) is 13.1. The number of rotatable bonds is 4. The highest BCUT2D eigenvalue weighted by Crippen LogP contribution is 2.29. The molecule has 0 radical (unpaired) electrons. The third-order valence-electron chi connectivity index (χ3n) is 7.14. The van der Waals surface area contributed by atoms with Gasteiger partial charge in [0.25, 0.3) is 0 Å². The normalized spacial score (nSPS) is 17.0. The molecule has 4 heterocycles. The van der Waals surface area contributed by atoms with E-state index in [0.29, 0.717) is 25.8 Å². The van der Waals surface area contributed by atoms with Gasteiger partial charge in [-0.05, 0) is 74.1 Å². The number of anilines is 2. The zero-order valence-corrected chi connectivity index (χ0v) is 21.3. The predicted molar refractivity (Wildman–Crippen MR) is 147 cm³/mol. The van der Waals surface area contributed by atoms with Crippen molar-refractivity contribution in [1.29, 1.82) is 0 Å². The summed E-state index contributed by atoms with van der Waals surface area (Å²) in [6, 6.07) is 14.8. The van der Waals surface area contributed by atoms with Gasteiger partial charge in [0, 0.05) is 47.8 Å². The van der Waals surface area contributed by atoms with E-state index in [4.69, 9.17) is 14.5 Å². The zero-order chi connectivity index (χ0) is 25.0. The Morgan fingerprint density at radius 1 is 1.05 bits per heavy atom. The number of aromatic nitrogens is 3. The summed E-state index contributed by atoms with van der Waals surface area (Å²) in [6.07, 6.45) is 10.8. The van der Waals surface area contributed by atoms with Crippen LogP contribution in [-0.4, -0.2) is 52.3 Å². The van der Waals surface area contributed by atoms with Crippen LogP contribution in [0.25, 0.3) is 22.2 Å². The van der Waals surface area contributed by atoms with Crippen molar-refractivity contribution >= 4 is 22.5 Å². The number of ether oxygens (including phenoxy) is 2. The lowest BCUT2D eigenvalue weighted by molar-refractivity contribution is 0.144. The molecular weight excluding hydrogens is 462 g/mol. The van der Waals surface area contributed by atoms with Gasteiger partial charge in [0.2, 0.25) is 5.95 Å². The second-order valence-electron chi connectivity index (χ2n) is 9.80. The number of allylic oxidation sites excluding steroid dienone is 1. The van der Waals surface area contributed by atoms with Crippen LogP contribution in [0.15, 0.2) is 67.0 Å². The molecule has 2 aromatic heterocycles. The minimum atomic E-state index is 0.466. The van der Waals surface area contributed by atoms with Crippen molar-refractivity contribution in [1.82, 2.24) is 19.4 Å². The smallest absolute Gasteiger partial charge is 0.227 e. The quantitative estimate of drug-likeness (QED) is 0.366. The Bertz CT molecular complexity index is 1420. The fourth-order valence-electron chi connectivity index (χ4n) is 5.11. The van der Waals surface area contributed by atoms with Crippen LogP contribution in [0.1, 0.15) is 24.0 Å². The number of benzene rings is 2. The third kappa shape index (κ3) is 5.38. The summed E-state index contributed by atoms with van der Waals surface area (Å²) in [7, 11) is 0. The fraction of sp³-hybridized carbons (Fsp3) is 0.333. The van der Waals surface area contributed by atoms with Crippen molar-refractivity contribution < 1.29 is 9.47 Å². The molecule has 1 saturated heterocycles. The lowest BCUT2D eigenvalue weighted by atomic mass is 10.1. The van der Waals surface area contributed by atoms with Gasteiger partial charge in [-0.1, -0.05) is 24.3 Å². The van der Waals surface area contributed by atoms with Gasteiger partial charge in [0.15, 0.2) is 0 Å². The summed E-state index contributed by atoms with van der Waals surface area (Å²) in [4.78, 5) is 11.9. The van der Waals surface area contributed by atoms with Crippen molar-refractivity contribution in [3.8, 4) is 17.0 Å². The van der Waals surface area contributed by atoms with Gasteiger partial charge in [0.1, 0.15) is 12.4 Å². The minimum absolute atomic E-state index is 0.466. The van der Waals surface area contributed by atoms with Crippen LogP contribution in [0.2, 0.25) is 0 Å². The molecule has 4 aromatic rings. The molecule has 0 spiro atoms. The molecule has 6 rings (SSSR count). The largest absolute Gasteiger partial charge is 0.492 e. The van der Waals surface area contributed by atoms with Gasteiger partial charge >= 0.3 is 0 Å². The second kappa shape index (κ2) is 10.7. The molecule has 0 unspecified atom stereocenters. The van der Waals surface area contributed by atoms with Crippen molar-refractivity contribution in [2.45, 2.75) is 32.9 Å². The molecule has 2 aliphatic heterocycles. The summed E-state index contributed by atoms with van der Waals surface area (Å²) < 4.78 is 14.5. The number of hydrogen-bond acceptors (Lipinski definition) is 6. The average Bonchev–Trinajstić information content (AvgIpc) is 3.57. The molecule has 2 aromatic carbocycles. The highest BCUT2D eigenvalue weighted by molar-refractivity contribution is 5.85. The highest BCUT2D eigenvalue weighted by Gasteiger charge is 2.14. The molecule has 0 amide bonds. The van der Waals surface area contributed by atoms with E-state index in [1.807, 2.05) is 18.3 Å². The molecule has 7 nitrogen and oxygen atoms in total. The topological polar surface area (TPSA) is 64.4 Å². The Balaban J connectivity index is 1.30. The van der Waals surface area contributed by atoms with Gasteiger partial charge < -0.3 is 19.4 Å². The molecule has 1 N–H and O–H groups in total. The van der Waals surface area contributed by atoms with Gasteiger partial charge in [-0.2, -0.15) is 0 Å². The molecule has 0 saturated carbocycles. The molecule has 37 heavy (non-hydrogen) atoms. The van der Waals surface area contributed by atoms with E-state index >= 15 is 0 Å². The van der Waals surface area contributed by atoms with E-state index in [0.717, 1.165) is 46.9 Å². The van der Waals surface area contributed by atoms with Crippen LogP contribution in [-0.2, 0) is 17.9 Å². The van der Waals surface area contributed by atoms with Gasteiger partial charge in [0.05, 0.1) is 18.9 Å². The van der Waals surface area contributed by atoms with Crippen molar-refractivity contribution in [2.75, 3.05) is 38.2 Å². The number of likely N-dealkylation sites (tertiary alicyclic amines) is 1. The fourth-order valence-corrected chi connectivity index (χ4v) is 5.11. The molecule has 6 bridgehead atoms. The number of hydrogen-bond donors (Lipinski definition) is 1. The van der Waals surface area contributed by atoms with Gasteiger partial charge in [-0.15, -0.1) is 0 Å². The second-order valence-corrected chi connectivity index (χ2v) is 9.80. The maximum atomic E-state index is 6.21. The van der Waals surface area contributed by atoms with E-state index in [-0.39, 0.29) is 0 Å². The van der Waals surface area contributed by atoms with Gasteiger partial charge in [-0.3, -0.25) is 4.90 Å². The monoisotopic (exact) mass is 495 g/mol. The third-order valence-corrected chi connectivity index (χ3v) is 7.14. The van der Waals surface area contributed by atoms with Crippen LogP contribution in [0.5, 0.6) is 5.75 Å². The molecule has 0 aliphatic carbocycles. The molecule has 190 valence electrons. The van der Waals surface area contributed by atoms with Crippen molar-refractivity contribution in [3.05, 3.63) is 78.1 Å². The Hall–Kier alpha value is -3.68. The van der Waals surface area contributed by atoms with E-state index in [9.17, 15) is 0 Å². The first kappa shape index (κ1) is 23.7. The van der Waals surface area contributed by atoms with Crippen LogP contribution >= 0.6 is 0 Å². The summed E-state index contributed by atoms with van der Waals surface area (Å²) in [5, 5.41) is 4.61. The number of nitrogens with zero attached hydrogens (tertiary/aromatic N) is 4. The average molecular weight is 496 g/mol. The molecular formula is C30H33N5O2. The predicted octanol–water partition coefficient (Wildman–Crippen LogP) is 5.71. The first-order chi connectivity index (χ1) is 18.2. The van der Waals surface area contributed by atoms with Crippen molar-refractivity contribution in [3.63, 3.8) is 0 Å². The van der Waals surface area contributed by atoms with Gasteiger partial charge in [-0.25, -0.2) is 9.97 Å². The standard InChI is InChI=1S/C30H33N5O2/c1-22-20-31-30-32-26-8-9-28(37-17-15-34-11-2-3-12-34)25(18-26)21-36-16-5-4-13-35-14-10-23-6-7-24(19-27(23)35)29(22)33-30/h4-10,14,18-20H,2-3,11-13,15-17,21H2,1H3,(H,31,32,33)/b5-4-.